The standard InChI is InChI=1S/C4H3N3S.Zn/c5-3-8-4-6-1-2-7-4;/h1-2H,(H,6,7);. The van der Waals surface area contributed by atoms with Gasteiger partial charge in [0, 0.05) is 43.6 Å². The summed E-state index contributed by atoms with van der Waals surface area (Å²) >= 11 is 1.02. The molecule has 1 N–H and O–H groups in total. The number of nitriles is 1. The first-order chi connectivity index (χ1) is 3.93. The Morgan fingerprint density at radius 1 is 1.78 bits per heavy atom. The second-order valence-corrected chi connectivity index (χ2v) is 1.86. The van der Waals surface area contributed by atoms with Gasteiger partial charge in [-0.2, -0.15) is 5.26 Å². The molecule has 3 nitrogen and oxygen atoms in total. The van der Waals surface area contributed by atoms with Gasteiger partial charge in [-0.05, 0) is 0 Å². The fourth-order valence-corrected chi connectivity index (χ4v) is 0.677. The number of imidazole rings is 1. The first-order valence-electron chi connectivity index (χ1n) is 1.99. The van der Waals surface area contributed by atoms with Crippen LogP contribution in [0.4, 0.5) is 0 Å². The summed E-state index contributed by atoms with van der Waals surface area (Å²) in [5, 5.41) is 10.6. The van der Waals surface area contributed by atoms with Gasteiger partial charge in [0.25, 0.3) is 0 Å². The molecule has 0 unspecified atom stereocenters. The molecule has 0 aliphatic rings. The maximum Gasteiger partial charge on any atom is 0.180 e. The number of aromatic amines is 1. The van der Waals surface area contributed by atoms with Crippen molar-refractivity contribution in [1.29, 1.82) is 5.26 Å². The molecule has 5 heteroatoms. The monoisotopic (exact) mass is 189 g/mol. The molecule has 0 aromatic carbocycles. The van der Waals surface area contributed by atoms with E-state index in [0.717, 1.165) is 11.8 Å². The first-order valence-corrected chi connectivity index (χ1v) is 2.80. The zero-order valence-corrected chi connectivity index (χ0v) is 8.45. The third kappa shape index (κ3) is 2.64. The summed E-state index contributed by atoms with van der Waals surface area (Å²) in [6.07, 6.45) is 3.29. The average molecular weight is 191 g/mol. The maximum absolute atomic E-state index is 8.09. The van der Waals surface area contributed by atoms with Gasteiger partial charge in [-0.25, -0.2) is 4.98 Å². The van der Waals surface area contributed by atoms with Gasteiger partial charge in [-0.15, -0.1) is 0 Å². The predicted octanol–water partition coefficient (Wildman–Crippen LogP) is 0.980. The van der Waals surface area contributed by atoms with E-state index in [2.05, 4.69) is 9.97 Å². The van der Waals surface area contributed by atoms with Crippen LogP contribution in [0.3, 0.4) is 0 Å². The van der Waals surface area contributed by atoms with Gasteiger partial charge >= 0.3 is 0 Å². The van der Waals surface area contributed by atoms with E-state index in [0.29, 0.717) is 5.16 Å². The van der Waals surface area contributed by atoms with Crippen LogP contribution < -0.4 is 0 Å². The second kappa shape index (κ2) is 4.54. The van der Waals surface area contributed by atoms with Crippen LogP contribution in [0.5, 0.6) is 0 Å². The quantitative estimate of drug-likeness (QED) is 0.408. The molecule has 42 valence electrons. The number of aromatic nitrogens is 2. The van der Waals surface area contributed by atoms with E-state index >= 15 is 0 Å². The van der Waals surface area contributed by atoms with E-state index in [1.54, 1.807) is 12.4 Å². The van der Waals surface area contributed by atoms with E-state index in [4.69, 9.17) is 5.26 Å². The minimum Gasteiger partial charge on any atom is -0.339 e. The second-order valence-electron chi connectivity index (χ2n) is 1.09. The molecule has 0 bridgehead atoms. The van der Waals surface area contributed by atoms with Crippen LogP contribution in [0.25, 0.3) is 0 Å². The Morgan fingerprint density at radius 3 is 3.00 bits per heavy atom. The summed E-state index contributed by atoms with van der Waals surface area (Å²) in [5.74, 6) is 0. The van der Waals surface area contributed by atoms with Crippen molar-refractivity contribution >= 4 is 11.8 Å². The molecule has 9 heavy (non-hydrogen) atoms. The third-order valence-corrected chi connectivity index (χ3v) is 1.12. The van der Waals surface area contributed by atoms with Crippen molar-refractivity contribution in [2.24, 2.45) is 0 Å². The van der Waals surface area contributed by atoms with Gasteiger partial charge in [0.05, 0.1) is 0 Å². The Balaban J connectivity index is 0.000000640. The van der Waals surface area contributed by atoms with Crippen LogP contribution in [-0.2, 0) is 19.5 Å². The predicted molar refractivity (Wildman–Crippen MR) is 30.1 cm³/mol. The number of nitrogens with zero attached hydrogens (tertiary/aromatic N) is 2. The molecular formula is C4H3N3SZn. The fraction of sp³-hybridized carbons (Fsp3) is 0. The Kier molecular flexibility index (Phi) is 4.38. The summed E-state index contributed by atoms with van der Waals surface area (Å²) in [6.45, 7) is 0. The van der Waals surface area contributed by atoms with Crippen LogP contribution in [0.2, 0.25) is 0 Å². The first kappa shape index (κ1) is 8.67. The molecule has 0 fully saturated rings. The van der Waals surface area contributed by atoms with E-state index < -0.39 is 0 Å². The van der Waals surface area contributed by atoms with E-state index in [1.165, 1.54) is 0 Å². The van der Waals surface area contributed by atoms with Crippen molar-refractivity contribution in [2.45, 2.75) is 5.16 Å². The van der Waals surface area contributed by atoms with Gasteiger partial charge in [-0.3, -0.25) is 0 Å². The number of rotatable bonds is 1. The van der Waals surface area contributed by atoms with Crippen molar-refractivity contribution in [1.82, 2.24) is 9.97 Å². The molecule has 1 aromatic heterocycles. The van der Waals surface area contributed by atoms with Crippen molar-refractivity contribution < 1.29 is 19.5 Å². The van der Waals surface area contributed by atoms with Gasteiger partial charge in [0.15, 0.2) is 5.16 Å². The summed E-state index contributed by atoms with van der Waals surface area (Å²) < 4.78 is 0. The van der Waals surface area contributed by atoms with Crippen molar-refractivity contribution in [3.8, 4) is 5.40 Å². The van der Waals surface area contributed by atoms with Crippen molar-refractivity contribution in [3.63, 3.8) is 0 Å². The van der Waals surface area contributed by atoms with Gasteiger partial charge in [0.2, 0.25) is 0 Å². The van der Waals surface area contributed by atoms with E-state index in [-0.39, 0.29) is 19.5 Å². The van der Waals surface area contributed by atoms with Crippen LogP contribution in [0.1, 0.15) is 0 Å². The summed E-state index contributed by atoms with van der Waals surface area (Å²) in [7, 11) is 0. The zero-order valence-electron chi connectivity index (χ0n) is 4.66. The number of hydrogen-bond acceptors (Lipinski definition) is 3. The molecule has 1 rings (SSSR count). The molecule has 0 atom stereocenters. The van der Waals surface area contributed by atoms with Crippen LogP contribution in [-0.4, -0.2) is 9.97 Å². The fourth-order valence-electron chi connectivity index (χ4n) is 0.350. The minimum absolute atomic E-state index is 0. The van der Waals surface area contributed by atoms with Crippen LogP contribution in [0, 0.1) is 10.7 Å². The number of thioether (sulfide) groups is 1. The normalized spacial score (nSPS) is 7.44. The molecule has 0 spiro atoms. The molecule has 1 aromatic rings. The van der Waals surface area contributed by atoms with Crippen LogP contribution >= 0.6 is 11.8 Å². The molecule has 0 amide bonds. The number of H-pyrrole nitrogens is 1. The van der Waals surface area contributed by atoms with Crippen LogP contribution in [0.15, 0.2) is 17.6 Å². The van der Waals surface area contributed by atoms with Gasteiger partial charge < -0.3 is 4.98 Å². The zero-order chi connectivity index (χ0) is 5.82. The Bertz CT molecular complexity index is 190. The maximum atomic E-state index is 8.09. The molecular weight excluding hydrogens is 188 g/mol. The van der Waals surface area contributed by atoms with Gasteiger partial charge in [-0.1, -0.05) is 0 Å². The summed E-state index contributed by atoms with van der Waals surface area (Å²) in [5.41, 5.74) is 0. The Hall–Kier alpha value is -0.327. The minimum atomic E-state index is 0. The SMILES string of the molecule is N#CSc1ncc[nH]1.[Zn]. The molecule has 1 heterocycles. The number of hydrogen-bond donors (Lipinski definition) is 1. The molecule has 0 saturated carbocycles. The average Bonchev–Trinajstić information content (AvgIpc) is 2.19. The largest absolute Gasteiger partial charge is 0.339 e. The number of thiocyanates is 1. The van der Waals surface area contributed by atoms with E-state index in [9.17, 15) is 0 Å². The summed E-state index contributed by atoms with van der Waals surface area (Å²) in [4.78, 5) is 6.56. The van der Waals surface area contributed by atoms with Crippen molar-refractivity contribution in [2.75, 3.05) is 0 Å². The Labute approximate surface area is 69.6 Å². The number of nitrogens with one attached hydrogen (secondary N) is 1. The third-order valence-electron chi connectivity index (χ3n) is 0.615. The van der Waals surface area contributed by atoms with Crippen molar-refractivity contribution in [3.05, 3.63) is 12.4 Å². The molecule has 0 saturated heterocycles. The van der Waals surface area contributed by atoms with E-state index in [1.807, 2.05) is 5.40 Å². The smallest absolute Gasteiger partial charge is 0.180 e. The Morgan fingerprint density at radius 2 is 2.56 bits per heavy atom. The van der Waals surface area contributed by atoms with Gasteiger partial charge in [0.1, 0.15) is 5.40 Å². The topological polar surface area (TPSA) is 52.5 Å². The summed E-state index contributed by atoms with van der Waals surface area (Å²) in [6, 6.07) is 0. The molecule has 0 aliphatic heterocycles. The molecule has 0 aliphatic carbocycles. The molecule has 0 radical (unpaired) electrons.